The van der Waals surface area contributed by atoms with Crippen LogP contribution in [0.4, 0.5) is 0 Å². The summed E-state index contributed by atoms with van der Waals surface area (Å²) in [7, 11) is 0. The Balaban J connectivity index is 1.37. The Morgan fingerprint density at radius 1 is 1.07 bits per heavy atom. The van der Waals surface area contributed by atoms with Crippen molar-refractivity contribution in [2.24, 2.45) is 0 Å². The fourth-order valence-electron chi connectivity index (χ4n) is 3.55. The van der Waals surface area contributed by atoms with E-state index in [0.29, 0.717) is 48.3 Å². The standard InChI is InChI=1S/C21H22ClN5O3/c1-14-16(15(2)30-24-14)13-20(28)25-9-11-26(12-10-25)21(29)18-7-8-27(23-18)19-6-4-3-5-17(19)22/h3-8H,9-13H2,1-2H3. The quantitative estimate of drug-likeness (QED) is 0.639. The number of aromatic nitrogens is 3. The van der Waals surface area contributed by atoms with Crippen molar-refractivity contribution >= 4 is 23.4 Å². The Labute approximate surface area is 179 Å². The van der Waals surface area contributed by atoms with E-state index in [9.17, 15) is 9.59 Å². The van der Waals surface area contributed by atoms with Gasteiger partial charge in [-0.3, -0.25) is 9.59 Å². The molecule has 3 aromatic rings. The van der Waals surface area contributed by atoms with Crippen LogP contribution in [0.25, 0.3) is 5.69 Å². The zero-order chi connectivity index (χ0) is 21.3. The first kappa shape index (κ1) is 20.2. The predicted octanol–water partition coefficient (Wildman–Crippen LogP) is 2.66. The Morgan fingerprint density at radius 2 is 1.77 bits per heavy atom. The zero-order valence-electron chi connectivity index (χ0n) is 16.8. The maximum Gasteiger partial charge on any atom is 0.274 e. The van der Waals surface area contributed by atoms with Crippen LogP contribution in [0.1, 0.15) is 27.5 Å². The molecule has 2 aromatic heterocycles. The smallest absolute Gasteiger partial charge is 0.274 e. The second-order valence-corrected chi connectivity index (χ2v) is 7.66. The highest BCUT2D eigenvalue weighted by atomic mass is 35.5. The van der Waals surface area contributed by atoms with Crippen LogP contribution in [0, 0.1) is 13.8 Å². The maximum atomic E-state index is 12.8. The molecule has 0 atom stereocenters. The number of benzene rings is 1. The minimum Gasteiger partial charge on any atom is -0.361 e. The molecule has 1 saturated heterocycles. The normalized spacial score (nSPS) is 14.2. The van der Waals surface area contributed by atoms with Crippen molar-refractivity contribution < 1.29 is 14.1 Å². The van der Waals surface area contributed by atoms with Gasteiger partial charge in [-0.2, -0.15) is 5.10 Å². The summed E-state index contributed by atoms with van der Waals surface area (Å²) in [5.41, 5.74) is 2.64. The average Bonchev–Trinajstić information content (AvgIpc) is 3.36. The molecule has 2 amide bonds. The Morgan fingerprint density at radius 3 is 2.43 bits per heavy atom. The lowest BCUT2D eigenvalue weighted by Gasteiger charge is -2.34. The molecule has 156 valence electrons. The molecule has 0 unspecified atom stereocenters. The van der Waals surface area contributed by atoms with Crippen LogP contribution in [0.3, 0.4) is 0 Å². The number of piperazine rings is 1. The lowest BCUT2D eigenvalue weighted by molar-refractivity contribution is -0.131. The van der Waals surface area contributed by atoms with Crippen LogP contribution in [0.5, 0.6) is 0 Å². The van der Waals surface area contributed by atoms with Crippen LogP contribution >= 0.6 is 11.6 Å². The number of para-hydroxylation sites is 1. The summed E-state index contributed by atoms with van der Waals surface area (Å²) in [6.45, 7) is 5.53. The van der Waals surface area contributed by atoms with Gasteiger partial charge in [-0.25, -0.2) is 4.68 Å². The van der Waals surface area contributed by atoms with Crippen LogP contribution in [-0.4, -0.2) is 62.7 Å². The molecule has 3 heterocycles. The Bertz CT molecular complexity index is 1060. The minimum absolute atomic E-state index is 0.0134. The van der Waals surface area contributed by atoms with Gasteiger partial charge in [-0.15, -0.1) is 0 Å². The van der Waals surface area contributed by atoms with Gasteiger partial charge in [-0.1, -0.05) is 28.9 Å². The molecule has 0 saturated carbocycles. The highest BCUT2D eigenvalue weighted by Gasteiger charge is 2.27. The number of nitrogens with zero attached hydrogens (tertiary/aromatic N) is 5. The second kappa shape index (κ2) is 8.31. The first-order chi connectivity index (χ1) is 14.4. The monoisotopic (exact) mass is 427 g/mol. The van der Waals surface area contributed by atoms with E-state index in [1.807, 2.05) is 25.1 Å². The molecule has 0 radical (unpaired) electrons. The molecule has 30 heavy (non-hydrogen) atoms. The molecule has 0 bridgehead atoms. The van der Waals surface area contributed by atoms with Gasteiger partial charge in [0.25, 0.3) is 5.91 Å². The van der Waals surface area contributed by atoms with E-state index in [-0.39, 0.29) is 18.2 Å². The Hall–Kier alpha value is -3.13. The van der Waals surface area contributed by atoms with Gasteiger partial charge in [0.05, 0.1) is 22.8 Å². The molecule has 1 aliphatic rings. The highest BCUT2D eigenvalue weighted by molar-refractivity contribution is 6.32. The third kappa shape index (κ3) is 3.95. The number of aryl methyl sites for hydroxylation is 2. The summed E-state index contributed by atoms with van der Waals surface area (Å²) in [5.74, 6) is 0.530. The minimum atomic E-state index is -0.154. The lowest BCUT2D eigenvalue weighted by atomic mass is 10.1. The van der Waals surface area contributed by atoms with Crippen molar-refractivity contribution in [1.82, 2.24) is 24.7 Å². The molecule has 1 aliphatic heterocycles. The molecule has 0 N–H and O–H groups in total. The predicted molar refractivity (Wildman–Crippen MR) is 111 cm³/mol. The maximum absolute atomic E-state index is 12.8. The number of hydrogen-bond donors (Lipinski definition) is 0. The molecule has 1 fully saturated rings. The summed E-state index contributed by atoms with van der Waals surface area (Å²) in [6.07, 6.45) is 1.98. The van der Waals surface area contributed by atoms with Crippen LogP contribution < -0.4 is 0 Å². The number of carbonyl (C=O) groups is 2. The van der Waals surface area contributed by atoms with Crippen molar-refractivity contribution in [2.75, 3.05) is 26.2 Å². The molecular weight excluding hydrogens is 406 g/mol. The third-order valence-corrected chi connectivity index (χ3v) is 5.66. The fourth-order valence-corrected chi connectivity index (χ4v) is 3.77. The molecule has 9 heteroatoms. The SMILES string of the molecule is Cc1noc(C)c1CC(=O)N1CCN(C(=O)c2ccn(-c3ccccc3Cl)n2)CC1. The van der Waals surface area contributed by atoms with Crippen molar-refractivity contribution in [1.29, 1.82) is 0 Å². The topological polar surface area (TPSA) is 84.5 Å². The molecule has 1 aromatic carbocycles. The van der Waals surface area contributed by atoms with Crippen molar-refractivity contribution in [3.63, 3.8) is 0 Å². The van der Waals surface area contributed by atoms with E-state index in [1.54, 1.807) is 39.7 Å². The van der Waals surface area contributed by atoms with E-state index in [4.69, 9.17) is 16.1 Å². The number of amides is 2. The first-order valence-corrected chi connectivity index (χ1v) is 10.1. The van der Waals surface area contributed by atoms with E-state index in [2.05, 4.69) is 10.3 Å². The summed E-state index contributed by atoms with van der Waals surface area (Å²) < 4.78 is 6.73. The number of hydrogen-bond acceptors (Lipinski definition) is 5. The van der Waals surface area contributed by atoms with Gasteiger partial charge in [0.1, 0.15) is 5.76 Å². The zero-order valence-corrected chi connectivity index (χ0v) is 17.6. The Kier molecular flexibility index (Phi) is 5.59. The van der Waals surface area contributed by atoms with Crippen LogP contribution in [-0.2, 0) is 11.2 Å². The summed E-state index contributed by atoms with van der Waals surface area (Å²) in [4.78, 5) is 29.0. The van der Waals surface area contributed by atoms with Gasteiger partial charge in [0.15, 0.2) is 5.69 Å². The molecule has 0 spiro atoms. The summed E-state index contributed by atoms with van der Waals surface area (Å²) in [5, 5.41) is 8.84. The largest absolute Gasteiger partial charge is 0.361 e. The van der Waals surface area contributed by atoms with Gasteiger partial charge >= 0.3 is 0 Å². The fraction of sp³-hybridized carbons (Fsp3) is 0.333. The van der Waals surface area contributed by atoms with Gasteiger partial charge in [0, 0.05) is 37.9 Å². The number of rotatable bonds is 4. The van der Waals surface area contributed by atoms with E-state index in [0.717, 1.165) is 11.3 Å². The van der Waals surface area contributed by atoms with E-state index < -0.39 is 0 Å². The van der Waals surface area contributed by atoms with Crippen LogP contribution in [0.2, 0.25) is 5.02 Å². The lowest BCUT2D eigenvalue weighted by Crippen LogP contribution is -2.51. The summed E-state index contributed by atoms with van der Waals surface area (Å²) in [6, 6.07) is 9.00. The summed E-state index contributed by atoms with van der Waals surface area (Å²) >= 11 is 6.21. The van der Waals surface area contributed by atoms with Crippen molar-refractivity contribution in [2.45, 2.75) is 20.3 Å². The van der Waals surface area contributed by atoms with E-state index >= 15 is 0 Å². The molecule has 8 nitrogen and oxygen atoms in total. The van der Waals surface area contributed by atoms with Crippen LogP contribution in [0.15, 0.2) is 41.1 Å². The molecular formula is C21H22ClN5O3. The highest BCUT2D eigenvalue weighted by Crippen LogP contribution is 2.20. The number of carbonyl (C=O) groups excluding carboxylic acids is 2. The van der Waals surface area contributed by atoms with Crippen molar-refractivity contribution in [3.05, 3.63) is 64.3 Å². The van der Waals surface area contributed by atoms with Gasteiger partial charge in [0.2, 0.25) is 5.91 Å². The number of halogens is 1. The average molecular weight is 428 g/mol. The second-order valence-electron chi connectivity index (χ2n) is 7.25. The van der Waals surface area contributed by atoms with E-state index in [1.165, 1.54) is 0 Å². The van der Waals surface area contributed by atoms with Gasteiger partial charge < -0.3 is 14.3 Å². The first-order valence-electron chi connectivity index (χ1n) is 9.73. The third-order valence-electron chi connectivity index (χ3n) is 5.34. The van der Waals surface area contributed by atoms with Crippen molar-refractivity contribution in [3.8, 4) is 5.69 Å². The molecule has 0 aliphatic carbocycles. The molecule has 4 rings (SSSR count). The van der Waals surface area contributed by atoms with Gasteiger partial charge in [-0.05, 0) is 32.0 Å².